The van der Waals surface area contributed by atoms with E-state index < -0.39 is 4.92 Å². The molecule has 18 heavy (non-hydrogen) atoms. The fourth-order valence-electron chi connectivity index (χ4n) is 2.16. The molecular formula is C12H16N2O4. The van der Waals surface area contributed by atoms with Crippen molar-refractivity contribution < 1.29 is 14.4 Å². The lowest BCUT2D eigenvalue weighted by atomic mass is 9.95. The predicted octanol–water partition coefficient (Wildman–Crippen LogP) is 2.33. The van der Waals surface area contributed by atoms with E-state index in [2.05, 4.69) is 4.98 Å². The molecule has 1 aromatic heterocycles. The molecule has 0 N–H and O–H groups in total. The molecule has 0 spiro atoms. The lowest BCUT2D eigenvalue weighted by Gasteiger charge is -2.27. The topological polar surface area (TPSA) is 74.5 Å². The van der Waals surface area contributed by atoms with Crippen LogP contribution in [0.1, 0.15) is 25.7 Å². The number of hydrogen-bond donors (Lipinski definition) is 0. The Morgan fingerprint density at radius 3 is 2.61 bits per heavy atom. The largest absolute Gasteiger partial charge is 0.469 e. The van der Waals surface area contributed by atoms with Crippen LogP contribution in [0.25, 0.3) is 0 Å². The number of methoxy groups -OCH3 is 1. The fraction of sp³-hybridized carbons (Fsp3) is 0.583. The molecule has 1 aliphatic carbocycles. The van der Waals surface area contributed by atoms with E-state index in [9.17, 15) is 10.1 Å². The van der Waals surface area contributed by atoms with Crippen LogP contribution >= 0.6 is 0 Å². The highest BCUT2D eigenvalue weighted by molar-refractivity contribution is 5.39. The summed E-state index contributed by atoms with van der Waals surface area (Å²) >= 11 is 0. The fourth-order valence-corrected chi connectivity index (χ4v) is 2.16. The number of rotatable bonds is 4. The molecule has 1 aromatic rings. The molecule has 1 saturated carbocycles. The van der Waals surface area contributed by atoms with Gasteiger partial charge in [-0.3, -0.25) is 10.1 Å². The smallest absolute Gasteiger partial charge is 0.330 e. The van der Waals surface area contributed by atoms with Crippen molar-refractivity contribution in [3.63, 3.8) is 0 Å². The summed E-state index contributed by atoms with van der Waals surface area (Å²) in [5, 5.41) is 10.8. The Morgan fingerprint density at radius 2 is 2.00 bits per heavy atom. The summed E-state index contributed by atoms with van der Waals surface area (Å²) in [6, 6.07) is 2.94. The van der Waals surface area contributed by atoms with Crippen molar-refractivity contribution >= 4 is 5.69 Å². The second-order valence-corrected chi connectivity index (χ2v) is 4.34. The van der Waals surface area contributed by atoms with Crippen molar-refractivity contribution in [2.75, 3.05) is 7.11 Å². The monoisotopic (exact) mass is 252 g/mol. The van der Waals surface area contributed by atoms with E-state index in [1.165, 1.54) is 18.3 Å². The molecule has 1 aliphatic rings. The highest BCUT2D eigenvalue weighted by atomic mass is 16.6. The van der Waals surface area contributed by atoms with Crippen molar-refractivity contribution in [1.29, 1.82) is 0 Å². The molecule has 0 aliphatic heterocycles. The maximum absolute atomic E-state index is 10.8. The first kappa shape index (κ1) is 12.8. The van der Waals surface area contributed by atoms with Gasteiger partial charge in [-0.25, -0.2) is 4.98 Å². The Hall–Kier alpha value is -1.69. The van der Waals surface area contributed by atoms with Crippen LogP contribution < -0.4 is 4.74 Å². The Kier molecular flexibility index (Phi) is 4.09. The van der Waals surface area contributed by atoms with Gasteiger partial charge in [0.2, 0.25) is 0 Å². The molecule has 0 amide bonds. The van der Waals surface area contributed by atoms with Crippen LogP contribution in [-0.4, -0.2) is 29.2 Å². The van der Waals surface area contributed by atoms with E-state index in [1.54, 1.807) is 7.11 Å². The van der Waals surface area contributed by atoms with Gasteiger partial charge in [0.25, 0.3) is 5.88 Å². The maximum Gasteiger partial charge on any atom is 0.330 e. The van der Waals surface area contributed by atoms with Gasteiger partial charge in [-0.05, 0) is 31.7 Å². The minimum Gasteiger partial charge on any atom is -0.469 e. The third-order valence-corrected chi connectivity index (χ3v) is 3.18. The van der Waals surface area contributed by atoms with Crippen molar-refractivity contribution in [3.05, 3.63) is 28.4 Å². The van der Waals surface area contributed by atoms with Crippen molar-refractivity contribution in [2.45, 2.75) is 37.9 Å². The summed E-state index contributed by atoms with van der Waals surface area (Å²) in [5.41, 5.74) is -0.0774. The van der Waals surface area contributed by atoms with Crippen LogP contribution in [0.15, 0.2) is 18.3 Å². The van der Waals surface area contributed by atoms with E-state index in [1.807, 2.05) is 0 Å². The van der Waals surface area contributed by atoms with Gasteiger partial charge < -0.3 is 9.47 Å². The van der Waals surface area contributed by atoms with Crippen LogP contribution in [0.4, 0.5) is 5.69 Å². The van der Waals surface area contributed by atoms with Crippen LogP contribution in [0.2, 0.25) is 0 Å². The maximum atomic E-state index is 10.8. The molecule has 0 bridgehead atoms. The minimum atomic E-state index is -0.469. The van der Waals surface area contributed by atoms with Crippen molar-refractivity contribution in [2.24, 2.45) is 0 Å². The first-order valence-electron chi connectivity index (χ1n) is 5.99. The molecule has 98 valence electrons. The van der Waals surface area contributed by atoms with Crippen LogP contribution in [0.5, 0.6) is 5.88 Å². The van der Waals surface area contributed by atoms with E-state index in [0.717, 1.165) is 25.7 Å². The number of ether oxygens (including phenoxy) is 2. The van der Waals surface area contributed by atoms with Crippen molar-refractivity contribution in [1.82, 2.24) is 4.98 Å². The quantitative estimate of drug-likeness (QED) is 0.607. The molecule has 0 saturated heterocycles. The van der Waals surface area contributed by atoms with Gasteiger partial charge in [-0.1, -0.05) is 0 Å². The Labute approximate surface area is 105 Å². The molecule has 6 nitrogen and oxygen atoms in total. The van der Waals surface area contributed by atoms with E-state index in [-0.39, 0.29) is 23.8 Å². The van der Waals surface area contributed by atoms with Crippen LogP contribution in [-0.2, 0) is 4.74 Å². The highest BCUT2D eigenvalue weighted by Gasteiger charge is 2.25. The van der Waals surface area contributed by atoms with Gasteiger partial charge in [-0.2, -0.15) is 0 Å². The number of nitro groups is 1. The molecule has 0 atom stereocenters. The molecule has 0 radical (unpaired) electrons. The lowest BCUT2D eigenvalue weighted by molar-refractivity contribution is -0.386. The molecular weight excluding hydrogens is 236 g/mol. The van der Waals surface area contributed by atoms with Gasteiger partial charge in [0, 0.05) is 19.4 Å². The summed E-state index contributed by atoms with van der Waals surface area (Å²) in [6.45, 7) is 0. The summed E-state index contributed by atoms with van der Waals surface area (Å²) in [7, 11) is 1.70. The number of aromatic nitrogens is 1. The zero-order valence-corrected chi connectivity index (χ0v) is 10.2. The summed E-state index contributed by atoms with van der Waals surface area (Å²) < 4.78 is 10.9. The first-order valence-corrected chi connectivity index (χ1v) is 5.99. The molecule has 1 fully saturated rings. The highest BCUT2D eigenvalue weighted by Crippen LogP contribution is 2.29. The average Bonchev–Trinajstić information content (AvgIpc) is 2.40. The predicted molar refractivity (Wildman–Crippen MR) is 64.6 cm³/mol. The van der Waals surface area contributed by atoms with Crippen molar-refractivity contribution in [3.8, 4) is 5.88 Å². The van der Waals surface area contributed by atoms with E-state index in [0.29, 0.717) is 0 Å². The Balaban J connectivity index is 2.00. The first-order chi connectivity index (χ1) is 8.70. The minimum absolute atomic E-state index is 0.00926. The third-order valence-electron chi connectivity index (χ3n) is 3.18. The Bertz CT molecular complexity index is 416. The second kappa shape index (κ2) is 5.77. The van der Waals surface area contributed by atoms with Gasteiger partial charge in [0.1, 0.15) is 6.10 Å². The zero-order valence-electron chi connectivity index (χ0n) is 10.2. The summed E-state index contributed by atoms with van der Waals surface area (Å²) in [4.78, 5) is 14.3. The second-order valence-electron chi connectivity index (χ2n) is 4.34. The lowest BCUT2D eigenvalue weighted by Crippen LogP contribution is -2.28. The zero-order chi connectivity index (χ0) is 13.0. The summed E-state index contributed by atoms with van der Waals surface area (Å²) in [6.07, 6.45) is 5.29. The Morgan fingerprint density at radius 1 is 1.33 bits per heavy atom. The normalized spacial score (nSPS) is 23.6. The van der Waals surface area contributed by atoms with Crippen LogP contribution in [0.3, 0.4) is 0 Å². The SMILES string of the molecule is COC1CCC(Oc2ncccc2[N+](=O)[O-])CC1. The van der Waals surface area contributed by atoms with Gasteiger partial charge in [0.15, 0.2) is 0 Å². The number of nitrogens with zero attached hydrogens (tertiary/aromatic N) is 2. The number of pyridine rings is 1. The third kappa shape index (κ3) is 2.95. The van der Waals surface area contributed by atoms with Gasteiger partial charge in [-0.15, -0.1) is 0 Å². The average molecular weight is 252 g/mol. The standard InChI is InChI=1S/C12H16N2O4/c1-17-9-4-6-10(7-5-9)18-12-11(14(15)16)3-2-8-13-12/h2-3,8-10H,4-7H2,1H3. The molecule has 0 unspecified atom stereocenters. The van der Waals surface area contributed by atoms with E-state index in [4.69, 9.17) is 9.47 Å². The molecule has 1 heterocycles. The van der Waals surface area contributed by atoms with Gasteiger partial charge in [0.05, 0.1) is 11.0 Å². The molecule has 0 aromatic carbocycles. The number of hydrogen-bond acceptors (Lipinski definition) is 5. The molecule has 2 rings (SSSR count). The summed E-state index contributed by atoms with van der Waals surface area (Å²) in [5.74, 6) is 0.114. The van der Waals surface area contributed by atoms with E-state index >= 15 is 0 Å². The molecule has 6 heteroatoms. The van der Waals surface area contributed by atoms with Crippen LogP contribution in [0, 0.1) is 10.1 Å². The van der Waals surface area contributed by atoms with Gasteiger partial charge >= 0.3 is 5.69 Å².